The molecule has 1 aromatic carbocycles. The number of aryl methyl sites for hydroxylation is 1. The third-order valence-corrected chi connectivity index (χ3v) is 2.79. The molecule has 0 spiro atoms. The summed E-state index contributed by atoms with van der Waals surface area (Å²) >= 11 is 0. The molecule has 1 fully saturated rings. The van der Waals surface area contributed by atoms with E-state index in [4.69, 9.17) is 0 Å². The minimum Gasteiger partial charge on any atom is -0.349 e. The van der Waals surface area contributed by atoms with Gasteiger partial charge in [0.25, 0.3) is 0 Å². The number of benzene rings is 1. The summed E-state index contributed by atoms with van der Waals surface area (Å²) in [7, 11) is 0. The lowest BCUT2D eigenvalue weighted by Crippen LogP contribution is -2.18. The van der Waals surface area contributed by atoms with E-state index in [0.717, 1.165) is 12.8 Å². The Balaban J connectivity index is 2.13. The Hall–Kier alpha value is -1.31. The van der Waals surface area contributed by atoms with Crippen molar-refractivity contribution in [1.29, 1.82) is 0 Å². The summed E-state index contributed by atoms with van der Waals surface area (Å²) in [6, 6.07) is 8.76. The monoisotopic (exact) mass is 189 g/mol. The van der Waals surface area contributed by atoms with Crippen LogP contribution in [0.2, 0.25) is 0 Å². The molecular weight excluding hydrogens is 174 g/mol. The Morgan fingerprint density at radius 3 is 2.57 bits per heavy atom. The van der Waals surface area contributed by atoms with Gasteiger partial charge in [-0.05, 0) is 24.0 Å². The van der Waals surface area contributed by atoms with Gasteiger partial charge in [0, 0.05) is 6.42 Å². The van der Waals surface area contributed by atoms with Crippen LogP contribution >= 0.6 is 0 Å². The first-order valence-corrected chi connectivity index (χ1v) is 5.18. The van der Waals surface area contributed by atoms with Crippen molar-refractivity contribution in [2.45, 2.75) is 32.2 Å². The van der Waals surface area contributed by atoms with Crippen LogP contribution in [0.15, 0.2) is 24.3 Å². The number of hydrogen-bond acceptors (Lipinski definition) is 1. The highest BCUT2D eigenvalue weighted by molar-refractivity contribution is 5.78. The molecule has 0 aliphatic carbocycles. The highest BCUT2D eigenvalue weighted by atomic mass is 16.1. The molecule has 14 heavy (non-hydrogen) atoms. The van der Waals surface area contributed by atoms with E-state index in [1.807, 2.05) is 0 Å². The van der Waals surface area contributed by atoms with Crippen molar-refractivity contribution in [2.75, 3.05) is 0 Å². The van der Waals surface area contributed by atoms with E-state index in [9.17, 15) is 4.79 Å². The Kier molecular flexibility index (Phi) is 2.53. The van der Waals surface area contributed by atoms with Crippen LogP contribution in [0.25, 0.3) is 0 Å². The number of carbonyl (C=O) groups is 1. The van der Waals surface area contributed by atoms with Gasteiger partial charge in [-0.3, -0.25) is 4.79 Å². The van der Waals surface area contributed by atoms with E-state index in [0.29, 0.717) is 6.42 Å². The maximum absolute atomic E-state index is 11.0. The van der Waals surface area contributed by atoms with Crippen LogP contribution in [0.4, 0.5) is 0 Å². The molecule has 0 bridgehead atoms. The molecule has 1 N–H and O–H groups in total. The van der Waals surface area contributed by atoms with E-state index in [1.54, 1.807) is 0 Å². The predicted octanol–water partition coefficient (Wildman–Crippen LogP) is 2.20. The molecule has 1 aliphatic rings. The molecule has 1 aliphatic heterocycles. The minimum absolute atomic E-state index is 0.176. The highest BCUT2D eigenvalue weighted by Crippen LogP contribution is 2.23. The van der Waals surface area contributed by atoms with Crippen LogP contribution in [0, 0.1) is 0 Å². The fourth-order valence-electron chi connectivity index (χ4n) is 1.85. The average molecular weight is 189 g/mol. The molecule has 1 aromatic rings. The van der Waals surface area contributed by atoms with Gasteiger partial charge in [-0.25, -0.2) is 0 Å². The van der Waals surface area contributed by atoms with Crippen LogP contribution < -0.4 is 5.32 Å². The summed E-state index contributed by atoms with van der Waals surface area (Å²) in [6.45, 7) is 2.15. The van der Waals surface area contributed by atoms with E-state index in [-0.39, 0.29) is 11.9 Å². The van der Waals surface area contributed by atoms with E-state index >= 15 is 0 Å². The van der Waals surface area contributed by atoms with E-state index < -0.39 is 0 Å². The minimum atomic E-state index is 0.176. The summed E-state index contributed by atoms with van der Waals surface area (Å²) < 4.78 is 0. The number of hydrogen-bond donors (Lipinski definition) is 1. The largest absolute Gasteiger partial charge is 0.349 e. The lowest BCUT2D eigenvalue weighted by atomic mass is 10.0. The van der Waals surface area contributed by atoms with Gasteiger partial charge in [-0.15, -0.1) is 0 Å². The zero-order chi connectivity index (χ0) is 9.97. The molecule has 1 amide bonds. The van der Waals surface area contributed by atoms with Crippen molar-refractivity contribution in [3.05, 3.63) is 35.4 Å². The molecule has 1 saturated heterocycles. The second-order valence-corrected chi connectivity index (χ2v) is 3.75. The van der Waals surface area contributed by atoms with Gasteiger partial charge in [0.15, 0.2) is 0 Å². The van der Waals surface area contributed by atoms with E-state index in [2.05, 4.69) is 36.5 Å². The lowest BCUT2D eigenvalue weighted by Gasteiger charge is -2.10. The zero-order valence-corrected chi connectivity index (χ0v) is 8.42. The standard InChI is InChI=1S/C12H15NO/c1-2-9-3-5-10(6-4-9)11-7-8-12(14)13-11/h3-6,11H,2,7-8H2,1H3,(H,13,14)/t11-/m0/s1. The Morgan fingerprint density at radius 2 is 2.07 bits per heavy atom. The zero-order valence-electron chi connectivity index (χ0n) is 8.42. The highest BCUT2D eigenvalue weighted by Gasteiger charge is 2.21. The molecule has 2 rings (SSSR count). The van der Waals surface area contributed by atoms with Crippen LogP contribution in [-0.2, 0) is 11.2 Å². The molecule has 0 aromatic heterocycles. The quantitative estimate of drug-likeness (QED) is 0.759. The Bertz CT molecular complexity index is 329. The number of nitrogens with one attached hydrogen (secondary N) is 1. The summed E-state index contributed by atoms with van der Waals surface area (Å²) in [6.07, 6.45) is 2.67. The van der Waals surface area contributed by atoms with Crippen molar-refractivity contribution in [3.63, 3.8) is 0 Å². The fraction of sp³-hybridized carbons (Fsp3) is 0.417. The smallest absolute Gasteiger partial charge is 0.220 e. The normalized spacial score (nSPS) is 20.9. The van der Waals surface area contributed by atoms with Gasteiger partial charge in [0.05, 0.1) is 6.04 Å². The van der Waals surface area contributed by atoms with Gasteiger partial charge in [-0.1, -0.05) is 31.2 Å². The third kappa shape index (κ3) is 1.79. The molecule has 1 heterocycles. The first kappa shape index (κ1) is 9.25. The average Bonchev–Trinajstić information content (AvgIpc) is 2.65. The number of rotatable bonds is 2. The summed E-state index contributed by atoms with van der Waals surface area (Å²) in [5.74, 6) is 0.176. The molecule has 2 heteroatoms. The van der Waals surface area contributed by atoms with Crippen molar-refractivity contribution in [3.8, 4) is 0 Å². The Morgan fingerprint density at radius 1 is 1.36 bits per heavy atom. The van der Waals surface area contributed by atoms with Crippen molar-refractivity contribution in [1.82, 2.24) is 5.32 Å². The van der Waals surface area contributed by atoms with Crippen LogP contribution in [0.1, 0.15) is 36.9 Å². The second kappa shape index (κ2) is 3.82. The van der Waals surface area contributed by atoms with Gasteiger partial charge < -0.3 is 5.32 Å². The van der Waals surface area contributed by atoms with Gasteiger partial charge in [-0.2, -0.15) is 0 Å². The molecule has 0 saturated carbocycles. The SMILES string of the molecule is CCc1ccc([C@@H]2CCC(=O)N2)cc1. The molecule has 74 valence electrons. The van der Waals surface area contributed by atoms with Crippen LogP contribution in [0.5, 0.6) is 0 Å². The first-order chi connectivity index (χ1) is 6.79. The van der Waals surface area contributed by atoms with Gasteiger partial charge in [0.1, 0.15) is 0 Å². The molecule has 0 radical (unpaired) electrons. The fourth-order valence-corrected chi connectivity index (χ4v) is 1.85. The lowest BCUT2D eigenvalue weighted by molar-refractivity contribution is -0.119. The van der Waals surface area contributed by atoms with Gasteiger partial charge in [0.2, 0.25) is 5.91 Å². The van der Waals surface area contributed by atoms with Crippen molar-refractivity contribution < 1.29 is 4.79 Å². The summed E-state index contributed by atoms with van der Waals surface area (Å²) in [5.41, 5.74) is 2.58. The van der Waals surface area contributed by atoms with Crippen LogP contribution in [0.3, 0.4) is 0 Å². The third-order valence-electron chi connectivity index (χ3n) is 2.79. The molecular formula is C12H15NO. The Labute approximate surface area is 84.3 Å². The molecule has 2 nitrogen and oxygen atoms in total. The second-order valence-electron chi connectivity index (χ2n) is 3.75. The number of carbonyl (C=O) groups excluding carboxylic acids is 1. The van der Waals surface area contributed by atoms with Crippen LogP contribution in [-0.4, -0.2) is 5.91 Å². The summed E-state index contributed by atoms with van der Waals surface area (Å²) in [4.78, 5) is 11.0. The predicted molar refractivity (Wildman–Crippen MR) is 55.9 cm³/mol. The maximum atomic E-state index is 11.0. The van der Waals surface area contributed by atoms with Crippen molar-refractivity contribution >= 4 is 5.91 Å². The van der Waals surface area contributed by atoms with Crippen molar-refractivity contribution in [2.24, 2.45) is 0 Å². The first-order valence-electron chi connectivity index (χ1n) is 5.18. The van der Waals surface area contributed by atoms with E-state index in [1.165, 1.54) is 11.1 Å². The molecule has 0 unspecified atom stereocenters. The maximum Gasteiger partial charge on any atom is 0.220 e. The number of amides is 1. The summed E-state index contributed by atoms with van der Waals surface area (Å²) in [5, 5.41) is 2.97. The van der Waals surface area contributed by atoms with Gasteiger partial charge >= 0.3 is 0 Å². The molecule has 1 atom stereocenters. The topological polar surface area (TPSA) is 29.1 Å².